The number of aromatic nitrogens is 1. The summed E-state index contributed by atoms with van der Waals surface area (Å²) in [6.07, 6.45) is 3.58. The number of carbonyl (C=O) groups is 2. The largest absolute Gasteiger partial charge is 0.325 e. The lowest BCUT2D eigenvalue weighted by molar-refractivity contribution is -0.116. The zero-order chi connectivity index (χ0) is 14.4. The third-order valence-corrected chi connectivity index (χ3v) is 2.90. The van der Waals surface area contributed by atoms with Gasteiger partial charge in [0.15, 0.2) is 5.78 Å². The van der Waals surface area contributed by atoms with Gasteiger partial charge in [0.2, 0.25) is 5.91 Å². The molecule has 4 heteroatoms. The minimum atomic E-state index is -0.182. The highest BCUT2D eigenvalue weighted by Gasteiger charge is 2.09. The first-order chi connectivity index (χ1) is 9.65. The molecule has 1 aromatic heterocycles. The Balaban J connectivity index is 1.84. The molecule has 2 aromatic rings. The molecule has 0 bridgehead atoms. The second kappa shape index (κ2) is 6.61. The van der Waals surface area contributed by atoms with Crippen LogP contribution in [0.15, 0.2) is 48.8 Å². The molecule has 0 aliphatic carbocycles. The molecule has 0 spiro atoms. The van der Waals surface area contributed by atoms with E-state index in [0.29, 0.717) is 11.3 Å². The van der Waals surface area contributed by atoms with Crippen molar-refractivity contribution in [2.45, 2.75) is 19.8 Å². The Bertz CT molecular complexity index is 592. The van der Waals surface area contributed by atoms with Gasteiger partial charge >= 0.3 is 0 Å². The molecule has 20 heavy (non-hydrogen) atoms. The van der Waals surface area contributed by atoms with Gasteiger partial charge in [0, 0.05) is 24.6 Å². The van der Waals surface area contributed by atoms with Crippen molar-refractivity contribution in [3.05, 3.63) is 59.9 Å². The molecule has 2 rings (SSSR count). The second-order valence-electron chi connectivity index (χ2n) is 4.58. The summed E-state index contributed by atoms with van der Waals surface area (Å²) in [5.41, 5.74) is 2.39. The number of ketones is 1. The van der Waals surface area contributed by atoms with E-state index in [0.717, 1.165) is 5.56 Å². The highest BCUT2D eigenvalue weighted by Crippen LogP contribution is 2.09. The summed E-state index contributed by atoms with van der Waals surface area (Å²) in [5, 5.41) is 2.70. The first-order valence-electron chi connectivity index (χ1n) is 6.45. The summed E-state index contributed by atoms with van der Waals surface area (Å²) in [6, 6.07) is 10.9. The average Bonchev–Trinajstić information content (AvgIpc) is 2.46. The number of anilines is 1. The van der Waals surface area contributed by atoms with Crippen LogP contribution in [0.25, 0.3) is 0 Å². The molecule has 0 aliphatic heterocycles. The van der Waals surface area contributed by atoms with Crippen molar-refractivity contribution in [2.24, 2.45) is 0 Å². The van der Waals surface area contributed by atoms with Gasteiger partial charge in [-0.15, -0.1) is 0 Å². The lowest BCUT2D eigenvalue weighted by Crippen LogP contribution is -2.13. The van der Waals surface area contributed by atoms with Crippen molar-refractivity contribution in [3.63, 3.8) is 0 Å². The van der Waals surface area contributed by atoms with E-state index in [-0.39, 0.29) is 24.5 Å². The zero-order valence-electron chi connectivity index (χ0n) is 11.3. The van der Waals surface area contributed by atoms with E-state index in [2.05, 4.69) is 10.3 Å². The van der Waals surface area contributed by atoms with Crippen molar-refractivity contribution in [1.29, 1.82) is 0 Å². The predicted molar refractivity (Wildman–Crippen MR) is 77.6 cm³/mol. The highest BCUT2D eigenvalue weighted by molar-refractivity contribution is 5.99. The van der Waals surface area contributed by atoms with Crippen LogP contribution in [-0.4, -0.2) is 16.7 Å². The molecule has 1 aromatic carbocycles. The van der Waals surface area contributed by atoms with E-state index in [9.17, 15) is 9.59 Å². The maximum Gasteiger partial charge on any atom is 0.224 e. The average molecular weight is 268 g/mol. The summed E-state index contributed by atoms with van der Waals surface area (Å²) < 4.78 is 0. The molecular formula is C16H16N2O2. The summed E-state index contributed by atoms with van der Waals surface area (Å²) in [4.78, 5) is 27.5. The Hall–Kier alpha value is -2.49. The van der Waals surface area contributed by atoms with E-state index >= 15 is 0 Å². The minimum absolute atomic E-state index is 0.0219. The van der Waals surface area contributed by atoms with Gasteiger partial charge in [-0.25, -0.2) is 0 Å². The monoisotopic (exact) mass is 268 g/mol. The number of hydrogen-bond donors (Lipinski definition) is 1. The van der Waals surface area contributed by atoms with Gasteiger partial charge in [0.1, 0.15) is 0 Å². The molecule has 1 N–H and O–H groups in total. The number of benzene rings is 1. The maximum absolute atomic E-state index is 11.9. The molecule has 4 nitrogen and oxygen atoms in total. The number of rotatable bonds is 5. The van der Waals surface area contributed by atoms with Crippen LogP contribution in [0.1, 0.15) is 28.8 Å². The Kier molecular flexibility index (Phi) is 4.60. The number of pyridine rings is 1. The summed E-state index contributed by atoms with van der Waals surface area (Å²) in [5.74, 6) is -0.204. The lowest BCUT2D eigenvalue weighted by Gasteiger charge is -2.04. The van der Waals surface area contributed by atoms with Gasteiger partial charge < -0.3 is 5.32 Å². The number of nitrogens with one attached hydrogen (secondary N) is 1. The van der Waals surface area contributed by atoms with Gasteiger partial charge in [0.25, 0.3) is 0 Å². The number of nitrogens with zero attached hydrogens (tertiary/aromatic N) is 1. The van der Waals surface area contributed by atoms with E-state index in [1.165, 1.54) is 0 Å². The quantitative estimate of drug-likeness (QED) is 0.848. The minimum Gasteiger partial charge on any atom is -0.325 e. The topological polar surface area (TPSA) is 59.1 Å². The molecule has 0 atom stereocenters. The van der Waals surface area contributed by atoms with Gasteiger partial charge in [-0.2, -0.15) is 0 Å². The summed E-state index contributed by atoms with van der Waals surface area (Å²) >= 11 is 0. The fourth-order valence-corrected chi connectivity index (χ4v) is 1.77. The highest BCUT2D eigenvalue weighted by atomic mass is 16.2. The molecule has 0 saturated carbocycles. The second-order valence-corrected chi connectivity index (χ2v) is 4.58. The standard InChI is InChI=1S/C16H16N2O2/c1-12-4-6-13(7-5-12)15(19)8-9-16(20)18-14-3-2-10-17-11-14/h2-7,10-11H,8-9H2,1H3,(H,18,20). The van der Waals surface area contributed by atoms with E-state index < -0.39 is 0 Å². The van der Waals surface area contributed by atoms with Gasteiger partial charge in [0.05, 0.1) is 11.9 Å². The van der Waals surface area contributed by atoms with Crippen LogP contribution >= 0.6 is 0 Å². The predicted octanol–water partition coefficient (Wildman–Crippen LogP) is 2.99. The Morgan fingerprint density at radius 2 is 1.85 bits per heavy atom. The summed E-state index contributed by atoms with van der Waals surface area (Å²) in [6.45, 7) is 1.97. The number of carbonyl (C=O) groups excluding carboxylic acids is 2. The Labute approximate surface area is 117 Å². The first kappa shape index (κ1) is 13.9. The van der Waals surface area contributed by atoms with Crippen LogP contribution < -0.4 is 5.32 Å². The van der Waals surface area contributed by atoms with Crippen LogP contribution in [0.4, 0.5) is 5.69 Å². The molecule has 0 fully saturated rings. The maximum atomic E-state index is 11.9. The Morgan fingerprint density at radius 1 is 1.10 bits per heavy atom. The molecule has 0 aliphatic rings. The zero-order valence-corrected chi connectivity index (χ0v) is 11.3. The SMILES string of the molecule is Cc1ccc(C(=O)CCC(=O)Nc2cccnc2)cc1. The third kappa shape index (κ3) is 4.02. The van der Waals surface area contributed by atoms with Crippen molar-refractivity contribution in [3.8, 4) is 0 Å². The fraction of sp³-hybridized carbons (Fsp3) is 0.188. The molecule has 1 heterocycles. The normalized spacial score (nSPS) is 10.1. The van der Waals surface area contributed by atoms with Gasteiger partial charge in [-0.3, -0.25) is 14.6 Å². The van der Waals surface area contributed by atoms with Gasteiger partial charge in [-0.05, 0) is 19.1 Å². The van der Waals surface area contributed by atoms with Crippen LogP contribution in [0, 0.1) is 6.92 Å². The van der Waals surface area contributed by atoms with Crippen LogP contribution in [0.2, 0.25) is 0 Å². The molecule has 0 radical (unpaired) electrons. The van der Waals surface area contributed by atoms with Crippen molar-refractivity contribution in [1.82, 2.24) is 4.98 Å². The number of Topliss-reactive ketones (excluding diaryl/α,β-unsaturated/α-hetero) is 1. The van der Waals surface area contributed by atoms with E-state index in [4.69, 9.17) is 0 Å². The molecule has 1 amide bonds. The first-order valence-corrected chi connectivity index (χ1v) is 6.45. The molecule has 0 saturated heterocycles. The molecular weight excluding hydrogens is 252 g/mol. The van der Waals surface area contributed by atoms with Crippen LogP contribution in [0.5, 0.6) is 0 Å². The Morgan fingerprint density at radius 3 is 2.50 bits per heavy atom. The van der Waals surface area contributed by atoms with Crippen LogP contribution in [0.3, 0.4) is 0 Å². The van der Waals surface area contributed by atoms with Gasteiger partial charge in [-0.1, -0.05) is 29.8 Å². The van der Waals surface area contributed by atoms with E-state index in [1.54, 1.807) is 36.7 Å². The third-order valence-electron chi connectivity index (χ3n) is 2.90. The number of hydrogen-bond acceptors (Lipinski definition) is 3. The van der Waals surface area contributed by atoms with Crippen LogP contribution in [-0.2, 0) is 4.79 Å². The summed E-state index contributed by atoms with van der Waals surface area (Å²) in [7, 11) is 0. The lowest BCUT2D eigenvalue weighted by atomic mass is 10.1. The van der Waals surface area contributed by atoms with Crippen molar-refractivity contribution < 1.29 is 9.59 Å². The number of amides is 1. The van der Waals surface area contributed by atoms with Crippen molar-refractivity contribution >= 4 is 17.4 Å². The van der Waals surface area contributed by atoms with Crippen molar-refractivity contribution in [2.75, 3.05) is 5.32 Å². The molecule has 102 valence electrons. The number of aryl methyl sites for hydroxylation is 1. The smallest absolute Gasteiger partial charge is 0.224 e. The fourth-order valence-electron chi connectivity index (χ4n) is 1.77. The van der Waals surface area contributed by atoms with E-state index in [1.807, 2.05) is 19.1 Å². The molecule has 0 unspecified atom stereocenters.